The molecule has 0 amide bonds. The van der Waals surface area contributed by atoms with E-state index in [9.17, 15) is 0 Å². The summed E-state index contributed by atoms with van der Waals surface area (Å²) in [5.41, 5.74) is 12.5. The van der Waals surface area contributed by atoms with Gasteiger partial charge in [-0.15, -0.1) is 0 Å². The zero-order chi connectivity index (χ0) is 25.5. The Morgan fingerprint density at radius 1 is 0.474 bits per heavy atom. The predicted octanol–water partition coefficient (Wildman–Crippen LogP) is 9.34. The predicted molar refractivity (Wildman–Crippen MR) is 161 cm³/mol. The van der Waals surface area contributed by atoms with Gasteiger partial charge in [0, 0.05) is 23.6 Å². The molecule has 0 bridgehead atoms. The molecule has 6 aromatic rings. The lowest BCUT2D eigenvalue weighted by Crippen LogP contribution is -2.10. The smallest absolute Gasteiger partial charge is 0.0462 e. The van der Waals surface area contributed by atoms with Gasteiger partial charge in [0.2, 0.25) is 0 Å². The van der Waals surface area contributed by atoms with Crippen LogP contribution < -0.4 is 10.2 Å². The van der Waals surface area contributed by atoms with Crippen molar-refractivity contribution in [2.75, 3.05) is 11.9 Å². The Kier molecular flexibility index (Phi) is 5.53. The molecule has 0 saturated carbocycles. The number of anilines is 3. The lowest BCUT2D eigenvalue weighted by Gasteiger charge is -2.26. The molecule has 1 aliphatic rings. The van der Waals surface area contributed by atoms with Gasteiger partial charge in [0.1, 0.15) is 0 Å². The van der Waals surface area contributed by atoms with Crippen LogP contribution in [0.15, 0.2) is 133 Å². The molecule has 0 unspecified atom stereocenters. The summed E-state index contributed by atoms with van der Waals surface area (Å²) in [6.45, 7) is 0.861. The van der Waals surface area contributed by atoms with E-state index in [0.29, 0.717) is 0 Å². The average Bonchev–Trinajstić information content (AvgIpc) is 3.31. The van der Waals surface area contributed by atoms with Gasteiger partial charge in [-0.2, -0.15) is 0 Å². The van der Waals surface area contributed by atoms with Crippen LogP contribution in [0, 0.1) is 0 Å². The van der Waals surface area contributed by atoms with Gasteiger partial charge in [-0.1, -0.05) is 97.1 Å². The molecule has 0 aromatic heterocycles. The van der Waals surface area contributed by atoms with Gasteiger partial charge >= 0.3 is 0 Å². The Morgan fingerprint density at radius 3 is 1.71 bits per heavy atom. The van der Waals surface area contributed by atoms with Crippen LogP contribution in [0.4, 0.5) is 17.1 Å². The quantitative estimate of drug-likeness (QED) is 0.251. The third kappa shape index (κ3) is 3.70. The fourth-order valence-corrected chi connectivity index (χ4v) is 5.84. The Bertz CT molecular complexity index is 1720. The van der Waals surface area contributed by atoms with Gasteiger partial charge in [0.15, 0.2) is 0 Å². The van der Waals surface area contributed by atoms with Crippen molar-refractivity contribution in [3.8, 4) is 33.4 Å². The maximum atomic E-state index is 3.23. The minimum Gasteiger partial charge on any atom is -0.316 e. The van der Waals surface area contributed by atoms with Crippen LogP contribution in [0.5, 0.6) is 0 Å². The Balaban J connectivity index is 1.30. The molecule has 182 valence electrons. The van der Waals surface area contributed by atoms with Crippen LogP contribution >= 0.6 is 0 Å². The molecule has 0 atom stereocenters. The Morgan fingerprint density at radius 2 is 1.03 bits per heavy atom. The van der Waals surface area contributed by atoms with E-state index in [1.165, 1.54) is 49.7 Å². The molecule has 1 N–H and O–H groups in total. The summed E-state index contributed by atoms with van der Waals surface area (Å²) in [6, 6.07) is 48.4. The molecule has 0 fully saturated rings. The molecule has 1 aliphatic carbocycles. The van der Waals surface area contributed by atoms with Crippen molar-refractivity contribution < 1.29 is 0 Å². The summed E-state index contributed by atoms with van der Waals surface area (Å²) in [4.78, 5) is 2.32. The number of nitrogens with one attached hydrogen (secondary N) is 1. The van der Waals surface area contributed by atoms with Crippen LogP contribution in [-0.4, -0.2) is 7.05 Å². The summed E-state index contributed by atoms with van der Waals surface area (Å²) in [5.74, 6) is 0. The average molecular weight is 489 g/mol. The molecule has 7 rings (SSSR count). The lowest BCUT2D eigenvalue weighted by molar-refractivity contribution is 0.818. The highest BCUT2D eigenvalue weighted by molar-refractivity contribution is 6.18. The molecule has 38 heavy (non-hydrogen) atoms. The SMILES string of the molecule is CNCc1ccc(N(c2ccccc2)c2ccc(-c3ccc4c5c(cccc35)-c3ccccc3-4)cc2)cc1. The Hall–Kier alpha value is -4.66. The number of hydrogen-bond donors (Lipinski definition) is 1. The van der Waals surface area contributed by atoms with Crippen molar-refractivity contribution >= 4 is 27.8 Å². The number of para-hydroxylation sites is 1. The van der Waals surface area contributed by atoms with E-state index in [2.05, 4.69) is 144 Å². The van der Waals surface area contributed by atoms with Gasteiger partial charge in [-0.3, -0.25) is 0 Å². The first-order valence-corrected chi connectivity index (χ1v) is 13.2. The summed E-state index contributed by atoms with van der Waals surface area (Å²) in [7, 11) is 1.98. The summed E-state index contributed by atoms with van der Waals surface area (Å²) in [6.07, 6.45) is 0. The number of hydrogen-bond acceptors (Lipinski definition) is 2. The molecular weight excluding hydrogens is 460 g/mol. The summed E-state index contributed by atoms with van der Waals surface area (Å²) >= 11 is 0. The van der Waals surface area contributed by atoms with Gasteiger partial charge in [-0.25, -0.2) is 0 Å². The van der Waals surface area contributed by atoms with Crippen molar-refractivity contribution in [2.24, 2.45) is 0 Å². The normalized spacial score (nSPS) is 11.5. The standard InChI is InChI=1S/C36H28N2/c1-37-24-25-14-18-28(19-15-25)38(27-8-3-2-4-9-27)29-20-16-26(17-21-29)30-22-23-35-32-11-6-5-10-31(32)34-13-7-12-33(30)36(34)35/h2-23,37H,24H2,1H3. The second-order valence-corrected chi connectivity index (χ2v) is 9.85. The van der Waals surface area contributed by atoms with Crippen molar-refractivity contribution in [3.05, 3.63) is 139 Å². The van der Waals surface area contributed by atoms with Gasteiger partial charge in [0.05, 0.1) is 0 Å². The maximum Gasteiger partial charge on any atom is 0.0462 e. The topological polar surface area (TPSA) is 15.3 Å². The number of nitrogens with zero attached hydrogens (tertiary/aromatic N) is 1. The van der Waals surface area contributed by atoms with E-state index in [0.717, 1.165) is 23.6 Å². The van der Waals surface area contributed by atoms with Gasteiger partial charge < -0.3 is 10.2 Å². The fraction of sp³-hybridized carbons (Fsp3) is 0.0556. The molecule has 2 nitrogen and oxygen atoms in total. The van der Waals surface area contributed by atoms with Crippen LogP contribution in [-0.2, 0) is 6.54 Å². The Labute approximate surface area is 223 Å². The number of fused-ring (bicyclic) bond motifs is 3. The highest BCUT2D eigenvalue weighted by Gasteiger charge is 2.22. The van der Waals surface area contributed by atoms with Gasteiger partial charge in [0.25, 0.3) is 0 Å². The fourth-order valence-electron chi connectivity index (χ4n) is 5.84. The lowest BCUT2D eigenvalue weighted by atomic mass is 9.94. The van der Waals surface area contributed by atoms with Crippen molar-refractivity contribution in [2.45, 2.75) is 6.54 Å². The van der Waals surface area contributed by atoms with E-state index >= 15 is 0 Å². The second kappa shape index (κ2) is 9.33. The van der Waals surface area contributed by atoms with E-state index in [1.807, 2.05) is 7.05 Å². The van der Waals surface area contributed by atoms with Crippen LogP contribution in [0.1, 0.15) is 5.56 Å². The first-order valence-electron chi connectivity index (χ1n) is 13.2. The largest absolute Gasteiger partial charge is 0.316 e. The molecule has 6 aromatic carbocycles. The van der Waals surface area contributed by atoms with E-state index in [1.54, 1.807) is 0 Å². The number of benzene rings is 6. The van der Waals surface area contributed by atoms with Crippen molar-refractivity contribution in [3.63, 3.8) is 0 Å². The minimum atomic E-state index is 0.861. The molecule has 2 heteroatoms. The van der Waals surface area contributed by atoms with Crippen molar-refractivity contribution in [1.29, 1.82) is 0 Å². The minimum absolute atomic E-state index is 0.861. The van der Waals surface area contributed by atoms with Crippen LogP contribution in [0.25, 0.3) is 44.2 Å². The maximum absolute atomic E-state index is 3.23. The highest BCUT2D eigenvalue weighted by atomic mass is 15.1. The summed E-state index contributed by atoms with van der Waals surface area (Å²) in [5, 5.41) is 5.91. The molecular formula is C36H28N2. The second-order valence-electron chi connectivity index (χ2n) is 9.85. The highest BCUT2D eigenvalue weighted by Crippen LogP contribution is 2.49. The first kappa shape index (κ1) is 22.5. The van der Waals surface area contributed by atoms with Crippen LogP contribution in [0.2, 0.25) is 0 Å². The monoisotopic (exact) mass is 488 g/mol. The number of rotatable bonds is 6. The molecule has 0 aliphatic heterocycles. The molecule has 0 heterocycles. The van der Waals surface area contributed by atoms with E-state index in [-0.39, 0.29) is 0 Å². The zero-order valence-electron chi connectivity index (χ0n) is 21.4. The van der Waals surface area contributed by atoms with E-state index < -0.39 is 0 Å². The third-order valence-corrected chi connectivity index (χ3v) is 7.57. The van der Waals surface area contributed by atoms with Gasteiger partial charge in [-0.05, 0) is 93.2 Å². The van der Waals surface area contributed by atoms with Crippen molar-refractivity contribution in [1.82, 2.24) is 5.32 Å². The summed E-state index contributed by atoms with van der Waals surface area (Å²) < 4.78 is 0. The van der Waals surface area contributed by atoms with E-state index in [4.69, 9.17) is 0 Å². The zero-order valence-corrected chi connectivity index (χ0v) is 21.4. The van der Waals surface area contributed by atoms with Crippen LogP contribution in [0.3, 0.4) is 0 Å². The molecule has 0 spiro atoms. The first-order chi connectivity index (χ1) is 18.8. The molecule has 0 radical (unpaired) electrons. The third-order valence-electron chi connectivity index (χ3n) is 7.57. The molecule has 0 saturated heterocycles.